The summed E-state index contributed by atoms with van der Waals surface area (Å²) < 4.78 is 5.12. The zero-order chi connectivity index (χ0) is 10.3. The molecule has 0 aromatic heterocycles. The fourth-order valence-electron chi connectivity index (χ4n) is 2.09. The molecule has 2 aliphatic rings. The van der Waals surface area contributed by atoms with Crippen LogP contribution in [0.1, 0.15) is 39.5 Å². The number of carbonyl (C=O) groups is 2. The Morgan fingerprint density at radius 3 is 2.57 bits per heavy atom. The minimum atomic E-state index is -0.200. The molecule has 1 aliphatic carbocycles. The smallest absolute Gasteiger partial charge is 0.311 e. The molecular weight excluding hydrogens is 180 g/mol. The van der Waals surface area contributed by atoms with E-state index in [1.165, 1.54) is 0 Å². The number of ether oxygens (including phenoxy) is 1. The van der Waals surface area contributed by atoms with Gasteiger partial charge in [0.15, 0.2) is 5.78 Å². The maximum Gasteiger partial charge on any atom is 0.311 e. The summed E-state index contributed by atoms with van der Waals surface area (Å²) in [5.41, 5.74) is 0.692. The summed E-state index contributed by atoms with van der Waals surface area (Å²) in [6.45, 7) is 4.05. The van der Waals surface area contributed by atoms with E-state index in [2.05, 4.69) is 0 Å². The Bertz CT molecular complexity index is 336. The molecule has 2 rings (SSSR count). The molecule has 0 aromatic rings. The van der Waals surface area contributed by atoms with Crippen LogP contribution in [0.25, 0.3) is 0 Å². The van der Waals surface area contributed by atoms with Gasteiger partial charge in [-0.05, 0) is 11.8 Å². The molecule has 76 valence electrons. The van der Waals surface area contributed by atoms with Gasteiger partial charge < -0.3 is 4.74 Å². The second-order valence-electron chi connectivity index (χ2n) is 4.82. The van der Waals surface area contributed by atoms with Gasteiger partial charge in [-0.3, -0.25) is 9.59 Å². The van der Waals surface area contributed by atoms with Crippen LogP contribution in [0.15, 0.2) is 11.3 Å². The van der Waals surface area contributed by atoms with Gasteiger partial charge in [-0.15, -0.1) is 0 Å². The predicted molar refractivity (Wildman–Crippen MR) is 50.4 cm³/mol. The van der Waals surface area contributed by atoms with Gasteiger partial charge in [0.25, 0.3) is 0 Å². The van der Waals surface area contributed by atoms with Crippen LogP contribution in [0.4, 0.5) is 0 Å². The minimum absolute atomic E-state index is 0.0620. The molecule has 3 heteroatoms. The summed E-state index contributed by atoms with van der Waals surface area (Å²) in [6.07, 6.45) is 2.21. The molecule has 14 heavy (non-hydrogen) atoms. The van der Waals surface area contributed by atoms with Crippen molar-refractivity contribution in [2.24, 2.45) is 5.41 Å². The molecule has 1 aliphatic heterocycles. The van der Waals surface area contributed by atoms with Crippen molar-refractivity contribution in [3.63, 3.8) is 0 Å². The van der Waals surface area contributed by atoms with Crippen LogP contribution in [-0.4, -0.2) is 11.8 Å². The molecule has 0 spiro atoms. The van der Waals surface area contributed by atoms with Gasteiger partial charge in [-0.25, -0.2) is 0 Å². The van der Waals surface area contributed by atoms with E-state index in [0.717, 1.165) is 5.57 Å². The number of rotatable bonds is 0. The fraction of sp³-hybridized carbons (Fsp3) is 0.636. The third-order valence-corrected chi connectivity index (χ3v) is 2.77. The first-order valence-corrected chi connectivity index (χ1v) is 4.94. The first-order valence-electron chi connectivity index (χ1n) is 4.94. The predicted octanol–water partition coefficient (Wildman–Crippen LogP) is 1.97. The van der Waals surface area contributed by atoms with Gasteiger partial charge in [0.05, 0.1) is 6.42 Å². The maximum atomic E-state index is 11.7. The second-order valence-corrected chi connectivity index (χ2v) is 4.82. The zero-order valence-electron chi connectivity index (χ0n) is 8.55. The molecule has 3 nitrogen and oxygen atoms in total. The lowest BCUT2D eigenvalue weighted by Gasteiger charge is -2.33. The highest BCUT2D eigenvalue weighted by molar-refractivity contribution is 5.98. The van der Waals surface area contributed by atoms with Crippen molar-refractivity contribution < 1.29 is 14.3 Å². The fourth-order valence-corrected chi connectivity index (χ4v) is 2.09. The number of hydrogen-bond donors (Lipinski definition) is 0. The van der Waals surface area contributed by atoms with Crippen LogP contribution in [-0.2, 0) is 14.3 Å². The Hall–Kier alpha value is -1.12. The first kappa shape index (κ1) is 9.44. The topological polar surface area (TPSA) is 43.4 Å². The normalized spacial score (nSPS) is 25.9. The molecule has 0 N–H and O–H groups in total. The van der Waals surface area contributed by atoms with Crippen molar-refractivity contribution in [2.75, 3.05) is 0 Å². The molecule has 0 bridgehead atoms. The maximum absolute atomic E-state index is 11.7. The van der Waals surface area contributed by atoms with E-state index in [9.17, 15) is 9.59 Å². The SMILES string of the molecule is CC1(C)CC(=O)C2=C(C1)OC(=O)CC2. The number of ketones is 1. The summed E-state index contributed by atoms with van der Waals surface area (Å²) in [6, 6.07) is 0. The van der Waals surface area contributed by atoms with Gasteiger partial charge in [0, 0.05) is 18.4 Å². The summed E-state index contributed by atoms with van der Waals surface area (Å²) in [5.74, 6) is 0.584. The summed E-state index contributed by atoms with van der Waals surface area (Å²) in [5, 5.41) is 0. The average Bonchev–Trinajstić information content (AvgIpc) is 2.00. The number of Topliss-reactive ketones (excluding diaryl/α,β-unsaturated/α-hetero) is 1. The second kappa shape index (κ2) is 2.94. The molecule has 0 saturated carbocycles. The van der Waals surface area contributed by atoms with Crippen molar-refractivity contribution >= 4 is 11.8 Å². The Kier molecular flexibility index (Phi) is 1.98. The molecule has 0 atom stereocenters. The Labute approximate surface area is 83.1 Å². The van der Waals surface area contributed by atoms with Crippen molar-refractivity contribution in [1.82, 2.24) is 0 Å². The minimum Gasteiger partial charge on any atom is -0.431 e. The molecule has 0 unspecified atom stereocenters. The molecule has 0 fully saturated rings. The lowest BCUT2D eigenvalue weighted by atomic mass is 9.75. The van der Waals surface area contributed by atoms with Crippen LogP contribution in [0.2, 0.25) is 0 Å². The Balaban J connectivity index is 2.33. The third kappa shape index (κ3) is 1.59. The number of carbonyl (C=O) groups excluding carboxylic acids is 2. The van der Waals surface area contributed by atoms with Crippen molar-refractivity contribution in [3.8, 4) is 0 Å². The largest absolute Gasteiger partial charge is 0.431 e. The van der Waals surface area contributed by atoms with Crippen molar-refractivity contribution in [3.05, 3.63) is 11.3 Å². The number of allylic oxidation sites excluding steroid dienone is 2. The van der Waals surface area contributed by atoms with Crippen molar-refractivity contribution in [2.45, 2.75) is 39.5 Å². The highest BCUT2D eigenvalue weighted by atomic mass is 16.5. The van der Waals surface area contributed by atoms with E-state index in [0.29, 0.717) is 31.4 Å². The van der Waals surface area contributed by atoms with Gasteiger partial charge in [-0.1, -0.05) is 13.8 Å². The van der Waals surface area contributed by atoms with Crippen molar-refractivity contribution in [1.29, 1.82) is 0 Å². The van der Waals surface area contributed by atoms with E-state index in [4.69, 9.17) is 4.74 Å². The molecule has 0 saturated heterocycles. The average molecular weight is 194 g/mol. The van der Waals surface area contributed by atoms with Crippen LogP contribution < -0.4 is 0 Å². The summed E-state index contributed by atoms with van der Waals surface area (Å²) >= 11 is 0. The lowest BCUT2D eigenvalue weighted by Crippen LogP contribution is -2.30. The lowest BCUT2D eigenvalue weighted by molar-refractivity contribution is -0.142. The van der Waals surface area contributed by atoms with Crippen LogP contribution >= 0.6 is 0 Å². The molecule has 0 aromatic carbocycles. The third-order valence-electron chi connectivity index (χ3n) is 2.77. The van der Waals surface area contributed by atoms with Gasteiger partial charge in [0.1, 0.15) is 5.76 Å². The van der Waals surface area contributed by atoms with Gasteiger partial charge >= 0.3 is 5.97 Å². The highest BCUT2D eigenvalue weighted by Crippen LogP contribution is 2.40. The first-order chi connectivity index (χ1) is 6.48. The van der Waals surface area contributed by atoms with E-state index >= 15 is 0 Å². The number of hydrogen-bond acceptors (Lipinski definition) is 3. The standard InChI is InChI=1S/C11H14O3/c1-11(2)5-8(12)7-3-4-10(13)14-9(7)6-11/h3-6H2,1-2H3. The molecule has 0 amide bonds. The number of esters is 1. The van der Waals surface area contributed by atoms with E-state index in [-0.39, 0.29) is 17.2 Å². The summed E-state index contributed by atoms with van der Waals surface area (Å²) in [4.78, 5) is 22.8. The molecular formula is C11H14O3. The quantitative estimate of drug-likeness (QED) is 0.554. The van der Waals surface area contributed by atoms with Crippen LogP contribution in [0.3, 0.4) is 0 Å². The van der Waals surface area contributed by atoms with E-state index in [1.807, 2.05) is 13.8 Å². The van der Waals surface area contributed by atoms with Gasteiger partial charge in [-0.2, -0.15) is 0 Å². The monoisotopic (exact) mass is 194 g/mol. The molecule has 1 heterocycles. The molecule has 0 radical (unpaired) electrons. The Morgan fingerprint density at radius 1 is 1.14 bits per heavy atom. The van der Waals surface area contributed by atoms with Gasteiger partial charge in [0.2, 0.25) is 0 Å². The highest BCUT2D eigenvalue weighted by Gasteiger charge is 2.36. The summed E-state index contributed by atoms with van der Waals surface area (Å²) in [7, 11) is 0. The zero-order valence-corrected chi connectivity index (χ0v) is 8.55. The van der Waals surface area contributed by atoms with E-state index < -0.39 is 0 Å². The van der Waals surface area contributed by atoms with Crippen LogP contribution in [0, 0.1) is 5.41 Å². The van der Waals surface area contributed by atoms with E-state index in [1.54, 1.807) is 0 Å². The van der Waals surface area contributed by atoms with Crippen LogP contribution in [0.5, 0.6) is 0 Å². The Morgan fingerprint density at radius 2 is 1.86 bits per heavy atom.